The second-order valence-corrected chi connectivity index (χ2v) is 5.85. The van der Waals surface area contributed by atoms with E-state index >= 15 is 0 Å². The zero-order valence-corrected chi connectivity index (χ0v) is 13.8. The number of carbonyl (C=O) groups excluding carboxylic acids is 1. The van der Waals surface area contributed by atoms with E-state index in [0.29, 0.717) is 23.9 Å². The molecule has 1 amide bonds. The third kappa shape index (κ3) is 4.74. The van der Waals surface area contributed by atoms with Crippen LogP contribution in [0.4, 0.5) is 10.1 Å². The van der Waals surface area contributed by atoms with Gasteiger partial charge in [0.15, 0.2) is 18.8 Å². The molecule has 0 spiro atoms. The monoisotopic (exact) mass is 340 g/mol. The van der Waals surface area contributed by atoms with Crippen LogP contribution in [0.15, 0.2) is 65.2 Å². The van der Waals surface area contributed by atoms with Gasteiger partial charge in [-0.2, -0.15) is 0 Å². The minimum absolute atomic E-state index is 0.196. The van der Waals surface area contributed by atoms with Crippen molar-refractivity contribution in [3.8, 4) is 11.3 Å². The van der Waals surface area contributed by atoms with Crippen molar-refractivity contribution < 1.29 is 18.5 Å². The molecule has 0 fully saturated rings. The number of oxazole rings is 1. The Balaban J connectivity index is 1.55. The highest BCUT2D eigenvalue weighted by Gasteiger charge is 2.15. The van der Waals surface area contributed by atoms with Crippen LogP contribution in [-0.2, 0) is 11.3 Å². The third-order valence-corrected chi connectivity index (χ3v) is 3.64. The lowest BCUT2D eigenvalue weighted by molar-refractivity contribution is -0.886. The first-order valence-corrected chi connectivity index (χ1v) is 7.97. The van der Waals surface area contributed by atoms with E-state index in [4.69, 9.17) is 4.42 Å². The summed E-state index contributed by atoms with van der Waals surface area (Å²) < 4.78 is 18.9. The Labute approximate surface area is 145 Å². The molecule has 2 N–H and O–H groups in total. The number of hydrogen-bond donors (Lipinski definition) is 2. The number of aromatic nitrogens is 1. The largest absolute Gasteiger partial charge is 0.435 e. The lowest BCUT2D eigenvalue weighted by Gasteiger charge is -2.12. The summed E-state index contributed by atoms with van der Waals surface area (Å²) >= 11 is 0. The number of amides is 1. The summed E-state index contributed by atoms with van der Waals surface area (Å²) in [5.41, 5.74) is 1.41. The molecule has 0 saturated carbocycles. The van der Waals surface area contributed by atoms with Crippen molar-refractivity contribution in [2.75, 3.05) is 18.9 Å². The normalized spacial score (nSPS) is 11.9. The molecule has 0 aliphatic heterocycles. The molecule has 1 atom stereocenters. The molecule has 6 heteroatoms. The Morgan fingerprint density at radius 2 is 2.00 bits per heavy atom. The zero-order chi connectivity index (χ0) is 17.6. The maximum atomic E-state index is 13.1. The SMILES string of the molecule is C[NH+](CC(=O)Nc1cccc(F)c1)Cc1ncc(-c2ccccc2)o1. The fraction of sp³-hybridized carbons (Fsp3) is 0.158. The Morgan fingerprint density at radius 3 is 2.76 bits per heavy atom. The van der Waals surface area contributed by atoms with Crippen LogP contribution in [0, 0.1) is 5.82 Å². The van der Waals surface area contributed by atoms with E-state index in [2.05, 4.69) is 10.3 Å². The Hall–Kier alpha value is -2.99. The zero-order valence-electron chi connectivity index (χ0n) is 13.8. The predicted molar refractivity (Wildman–Crippen MR) is 92.4 cm³/mol. The molecule has 3 aromatic rings. The first-order chi connectivity index (χ1) is 12.1. The molecule has 5 nitrogen and oxygen atoms in total. The lowest BCUT2D eigenvalue weighted by atomic mass is 10.2. The van der Waals surface area contributed by atoms with Crippen LogP contribution >= 0.6 is 0 Å². The highest BCUT2D eigenvalue weighted by Crippen LogP contribution is 2.19. The van der Waals surface area contributed by atoms with Crippen LogP contribution in [0.2, 0.25) is 0 Å². The van der Waals surface area contributed by atoms with Gasteiger partial charge in [-0.15, -0.1) is 0 Å². The number of likely N-dealkylation sites (N-methyl/N-ethyl adjacent to an activating group) is 1. The van der Waals surface area contributed by atoms with Crippen molar-refractivity contribution in [2.45, 2.75) is 6.54 Å². The van der Waals surface area contributed by atoms with Crippen LogP contribution in [0.3, 0.4) is 0 Å². The molecule has 0 aliphatic carbocycles. The van der Waals surface area contributed by atoms with Gasteiger partial charge in [-0.1, -0.05) is 36.4 Å². The number of rotatable bonds is 6. The van der Waals surface area contributed by atoms with E-state index in [1.54, 1.807) is 18.3 Å². The van der Waals surface area contributed by atoms with Crippen molar-refractivity contribution >= 4 is 11.6 Å². The van der Waals surface area contributed by atoms with Crippen molar-refractivity contribution in [3.05, 3.63) is 72.5 Å². The summed E-state index contributed by atoms with van der Waals surface area (Å²) in [7, 11) is 1.87. The van der Waals surface area contributed by atoms with Gasteiger partial charge in [0.05, 0.1) is 13.2 Å². The quantitative estimate of drug-likeness (QED) is 0.723. The topological polar surface area (TPSA) is 59.6 Å². The van der Waals surface area contributed by atoms with Crippen LogP contribution in [-0.4, -0.2) is 24.5 Å². The van der Waals surface area contributed by atoms with Gasteiger partial charge >= 0.3 is 0 Å². The van der Waals surface area contributed by atoms with Crippen LogP contribution in [0.1, 0.15) is 5.89 Å². The molecule has 0 bridgehead atoms. The summed E-state index contributed by atoms with van der Waals surface area (Å²) in [5, 5.41) is 2.68. The van der Waals surface area contributed by atoms with Crippen molar-refractivity contribution in [1.29, 1.82) is 0 Å². The van der Waals surface area contributed by atoms with Gasteiger partial charge in [0.1, 0.15) is 5.82 Å². The predicted octanol–water partition coefficient (Wildman–Crippen LogP) is 2.13. The van der Waals surface area contributed by atoms with Crippen LogP contribution in [0.5, 0.6) is 0 Å². The second kappa shape index (κ2) is 7.72. The number of benzene rings is 2. The van der Waals surface area contributed by atoms with Gasteiger partial charge in [0.25, 0.3) is 11.8 Å². The lowest BCUT2D eigenvalue weighted by Crippen LogP contribution is -3.08. The van der Waals surface area contributed by atoms with E-state index in [1.165, 1.54) is 12.1 Å². The number of halogens is 1. The Kier molecular flexibility index (Phi) is 5.20. The number of nitrogens with one attached hydrogen (secondary N) is 2. The average Bonchev–Trinajstić information content (AvgIpc) is 3.03. The minimum Gasteiger partial charge on any atom is -0.435 e. The molecular weight excluding hydrogens is 321 g/mol. The first-order valence-electron chi connectivity index (χ1n) is 7.97. The highest BCUT2D eigenvalue weighted by molar-refractivity contribution is 5.91. The molecule has 0 aliphatic rings. The van der Waals surface area contributed by atoms with Crippen molar-refractivity contribution in [3.63, 3.8) is 0 Å². The van der Waals surface area contributed by atoms with Gasteiger partial charge in [-0.3, -0.25) is 4.79 Å². The molecular formula is C19H19FN3O2+. The Morgan fingerprint density at radius 1 is 1.20 bits per heavy atom. The maximum Gasteiger partial charge on any atom is 0.279 e. The van der Waals surface area contributed by atoms with Gasteiger partial charge in [-0.25, -0.2) is 9.37 Å². The molecule has 1 unspecified atom stereocenters. The number of hydrogen-bond acceptors (Lipinski definition) is 3. The molecule has 0 saturated heterocycles. The highest BCUT2D eigenvalue weighted by atomic mass is 19.1. The molecule has 2 aromatic carbocycles. The molecule has 3 rings (SSSR count). The van der Waals surface area contributed by atoms with Crippen molar-refractivity contribution in [1.82, 2.24) is 4.98 Å². The fourth-order valence-corrected chi connectivity index (χ4v) is 2.49. The maximum absolute atomic E-state index is 13.1. The second-order valence-electron chi connectivity index (χ2n) is 5.85. The van der Waals surface area contributed by atoms with E-state index < -0.39 is 0 Å². The summed E-state index contributed by atoms with van der Waals surface area (Å²) in [6.07, 6.45) is 1.69. The van der Waals surface area contributed by atoms with E-state index in [9.17, 15) is 9.18 Å². The minimum atomic E-state index is -0.383. The smallest absolute Gasteiger partial charge is 0.279 e. The van der Waals surface area contributed by atoms with E-state index in [-0.39, 0.29) is 18.3 Å². The Bertz CT molecular complexity index is 849. The first kappa shape index (κ1) is 16.9. The number of quaternary nitrogens is 1. The summed E-state index contributed by atoms with van der Waals surface area (Å²) in [4.78, 5) is 17.2. The fourth-order valence-electron chi connectivity index (χ4n) is 2.49. The molecule has 1 heterocycles. The third-order valence-electron chi connectivity index (χ3n) is 3.64. The number of anilines is 1. The van der Waals surface area contributed by atoms with Crippen LogP contribution in [0.25, 0.3) is 11.3 Å². The molecule has 0 radical (unpaired) electrons. The summed E-state index contributed by atoms with van der Waals surface area (Å²) in [6.45, 7) is 0.697. The van der Waals surface area contributed by atoms with Gasteiger partial charge in [-0.05, 0) is 18.2 Å². The van der Waals surface area contributed by atoms with E-state index in [1.807, 2.05) is 37.4 Å². The standard InChI is InChI=1S/C19H18FN3O2/c1-23(12-18(24)22-16-9-5-8-15(20)10-16)13-19-21-11-17(25-19)14-6-3-2-4-7-14/h2-11H,12-13H2,1H3,(H,22,24)/p+1. The van der Waals surface area contributed by atoms with Crippen molar-refractivity contribution in [2.24, 2.45) is 0 Å². The van der Waals surface area contributed by atoms with E-state index in [0.717, 1.165) is 10.5 Å². The van der Waals surface area contributed by atoms with Gasteiger partial charge in [0, 0.05) is 11.3 Å². The molecule has 128 valence electrons. The average molecular weight is 340 g/mol. The molecule has 1 aromatic heterocycles. The summed E-state index contributed by atoms with van der Waals surface area (Å²) in [6, 6.07) is 15.5. The van der Waals surface area contributed by atoms with Gasteiger partial charge < -0.3 is 14.6 Å². The van der Waals surface area contributed by atoms with Gasteiger partial charge in [0.2, 0.25) is 0 Å². The van der Waals surface area contributed by atoms with Crippen LogP contribution < -0.4 is 10.2 Å². The molecule has 25 heavy (non-hydrogen) atoms. The number of carbonyl (C=O) groups is 1. The number of nitrogens with zero attached hydrogens (tertiary/aromatic N) is 1. The summed E-state index contributed by atoms with van der Waals surface area (Å²) in [5.74, 6) is 0.687.